The second kappa shape index (κ2) is 10.4. The largest absolute Gasteiger partial charge is 0.366 e. The summed E-state index contributed by atoms with van der Waals surface area (Å²) < 4.78 is 0. The van der Waals surface area contributed by atoms with Crippen molar-refractivity contribution in [2.45, 2.75) is 19.3 Å². The van der Waals surface area contributed by atoms with Crippen molar-refractivity contribution < 1.29 is 9.59 Å². The van der Waals surface area contributed by atoms with E-state index < -0.39 is 11.8 Å². The van der Waals surface area contributed by atoms with E-state index in [2.05, 4.69) is 26.3 Å². The van der Waals surface area contributed by atoms with Gasteiger partial charge in [-0.3, -0.25) is 9.59 Å². The molecule has 0 aromatic heterocycles. The van der Waals surface area contributed by atoms with Crippen molar-refractivity contribution in [2.24, 2.45) is 11.5 Å². The molecule has 0 fully saturated rings. The molecular weight excluding hydrogens is 216 g/mol. The molecule has 4 heteroatoms. The number of unbranched alkanes of at least 4 members (excludes halogenated alkanes) is 1. The summed E-state index contributed by atoms with van der Waals surface area (Å²) in [6.45, 7) is 13.8. The van der Waals surface area contributed by atoms with Crippen LogP contribution in [0.25, 0.3) is 0 Å². The first-order valence-electron chi connectivity index (χ1n) is 5.03. The number of amides is 2. The second-order valence-corrected chi connectivity index (χ2v) is 3.27. The Morgan fingerprint density at radius 3 is 1.35 bits per heavy atom. The van der Waals surface area contributed by atoms with Gasteiger partial charge in [-0.1, -0.05) is 25.3 Å². The summed E-state index contributed by atoms with van der Waals surface area (Å²) in [6, 6.07) is 0. The monoisotopic (exact) mass is 236 g/mol. The van der Waals surface area contributed by atoms with Crippen LogP contribution in [0.3, 0.4) is 0 Å². The number of hydrogen-bond acceptors (Lipinski definition) is 2. The highest BCUT2D eigenvalue weighted by Gasteiger charge is 2.07. The standard InChI is InChI=1S/C7H10N2O2.C6H10/c1-4(6(8)10)3-5(2)7(9)11;1-3-5-6-4-2/h1-3H2,(H2,8,10)(H2,9,11);3-4H,1-2,5-6H2. The van der Waals surface area contributed by atoms with Crippen LogP contribution in [0.2, 0.25) is 0 Å². The Kier molecular flexibility index (Phi) is 10.6. The van der Waals surface area contributed by atoms with Gasteiger partial charge in [0, 0.05) is 17.6 Å². The van der Waals surface area contributed by atoms with Gasteiger partial charge in [0.2, 0.25) is 11.8 Å². The second-order valence-electron chi connectivity index (χ2n) is 3.27. The Balaban J connectivity index is 0. The molecule has 4 N–H and O–H groups in total. The van der Waals surface area contributed by atoms with Crippen LogP contribution in [0.1, 0.15) is 19.3 Å². The summed E-state index contributed by atoms with van der Waals surface area (Å²) >= 11 is 0. The number of hydrogen-bond donors (Lipinski definition) is 2. The van der Waals surface area contributed by atoms with Gasteiger partial charge in [-0.05, 0) is 12.8 Å². The van der Waals surface area contributed by atoms with Crippen LogP contribution in [0, 0.1) is 0 Å². The first-order valence-corrected chi connectivity index (χ1v) is 5.03. The van der Waals surface area contributed by atoms with Gasteiger partial charge in [-0.15, -0.1) is 13.2 Å². The lowest BCUT2D eigenvalue weighted by molar-refractivity contribution is -0.114. The van der Waals surface area contributed by atoms with Crippen molar-refractivity contribution >= 4 is 11.8 Å². The molecule has 0 radical (unpaired) electrons. The van der Waals surface area contributed by atoms with E-state index in [0.717, 1.165) is 12.8 Å². The maximum Gasteiger partial charge on any atom is 0.244 e. The van der Waals surface area contributed by atoms with E-state index in [9.17, 15) is 9.59 Å². The van der Waals surface area contributed by atoms with Crippen molar-refractivity contribution in [2.75, 3.05) is 0 Å². The quantitative estimate of drug-likeness (QED) is 0.399. The Hall–Kier alpha value is -2.10. The third-order valence-corrected chi connectivity index (χ3v) is 1.70. The number of allylic oxidation sites excluding steroid dienone is 2. The summed E-state index contributed by atoms with van der Waals surface area (Å²) in [5.41, 5.74) is 9.97. The first-order chi connectivity index (χ1) is 7.86. The van der Waals surface area contributed by atoms with E-state index in [4.69, 9.17) is 11.5 Å². The zero-order valence-electron chi connectivity index (χ0n) is 10.1. The topological polar surface area (TPSA) is 86.2 Å². The van der Waals surface area contributed by atoms with E-state index in [-0.39, 0.29) is 17.6 Å². The minimum atomic E-state index is -0.646. The van der Waals surface area contributed by atoms with Crippen molar-refractivity contribution in [3.63, 3.8) is 0 Å². The van der Waals surface area contributed by atoms with Crippen molar-refractivity contribution in [1.29, 1.82) is 0 Å². The van der Waals surface area contributed by atoms with Gasteiger partial charge in [0.25, 0.3) is 0 Å². The molecule has 0 aliphatic heterocycles. The molecule has 0 saturated carbocycles. The van der Waals surface area contributed by atoms with Crippen LogP contribution in [-0.4, -0.2) is 11.8 Å². The SMILES string of the molecule is C=C(CC(=C)C(N)=O)C(N)=O.C=CCCC=C. The van der Waals surface area contributed by atoms with Crippen LogP contribution in [-0.2, 0) is 9.59 Å². The lowest BCUT2D eigenvalue weighted by Gasteiger charge is -1.99. The van der Waals surface area contributed by atoms with E-state index in [1.54, 1.807) is 0 Å². The predicted molar refractivity (Wildman–Crippen MR) is 70.9 cm³/mol. The maximum absolute atomic E-state index is 10.4. The summed E-state index contributed by atoms with van der Waals surface area (Å²) in [6.07, 6.45) is 5.95. The summed E-state index contributed by atoms with van der Waals surface area (Å²) in [7, 11) is 0. The smallest absolute Gasteiger partial charge is 0.244 e. The minimum absolute atomic E-state index is 0.0463. The van der Waals surface area contributed by atoms with Crippen molar-refractivity contribution in [3.05, 3.63) is 49.6 Å². The highest BCUT2D eigenvalue weighted by Crippen LogP contribution is 2.05. The number of rotatable bonds is 7. The fraction of sp³-hybridized carbons (Fsp3) is 0.231. The summed E-state index contributed by atoms with van der Waals surface area (Å²) in [5.74, 6) is -1.29. The molecule has 0 aromatic carbocycles. The Bertz CT molecular complexity index is 298. The van der Waals surface area contributed by atoms with Gasteiger partial charge >= 0.3 is 0 Å². The molecule has 0 heterocycles. The van der Waals surface area contributed by atoms with Crippen LogP contribution >= 0.6 is 0 Å². The maximum atomic E-state index is 10.4. The molecule has 94 valence electrons. The normalized spacial score (nSPS) is 8.24. The summed E-state index contributed by atoms with van der Waals surface area (Å²) in [4.78, 5) is 20.8. The molecule has 17 heavy (non-hydrogen) atoms. The molecule has 0 spiro atoms. The van der Waals surface area contributed by atoms with Crippen LogP contribution in [0.5, 0.6) is 0 Å². The average molecular weight is 236 g/mol. The van der Waals surface area contributed by atoms with Crippen LogP contribution < -0.4 is 11.5 Å². The Morgan fingerprint density at radius 1 is 0.882 bits per heavy atom. The lowest BCUT2D eigenvalue weighted by Crippen LogP contribution is -2.18. The number of carbonyl (C=O) groups is 2. The Labute approximate surface area is 102 Å². The van der Waals surface area contributed by atoms with Crippen molar-refractivity contribution in [1.82, 2.24) is 0 Å². The fourth-order valence-electron chi connectivity index (χ4n) is 0.668. The molecule has 0 bridgehead atoms. The molecule has 0 aromatic rings. The zero-order chi connectivity index (χ0) is 13.8. The Morgan fingerprint density at radius 2 is 1.18 bits per heavy atom. The minimum Gasteiger partial charge on any atom is -0.366 e. The predicted octanol–water partition coefficient (Wildman–Crippen LogP) is 1.60. The molecule has 0 aliphatic carbocycles. The molecule has 0 aliphatic rings. The number of nitrogens with two attached hydrogens (primary N) is 2. The summed E-state index contributed by atoms with van der Waals surface area (Å²) in [5, 5.41) is 0. The molecule has 2 amide bonds. The average Bonchev–Trinajstić information content (AvgIpc) is 2.26. The molecule has 0 atom stereocenters. The van der Waals surface area contributed by atoms with E-state index >= 15 is 0 Å². The number of primary amides is 2. The third-order valence-electron chi connectivity index (χ3n) is 1.70. The fourth-order valence-corrected chi connectivity index (χ4v) is 0.668. The first kappa shape index (κ1) is 17.3. The van der Waals surface area contributed by atoms with E-state index in [1.807, 2.05) is 12.2 Å². The van der Waals surface area contributed by atoms with Gasteiger partial charge in [-0.2, -0.15) is 0 Å². The zero-order valence-corrected chi connectivity index (χ0v) is 10.1. The highest BCUT2D eigenvalue weighted by molar-refractivity contribution is 5.97. The van der Waals surface area contributed by atoms with E-state index in [0.29, 0.717) is 0 Å². The van der Waals surface area contributed by atoms with Crippen LogP contribution in [0.4, 0.5) is 0 Å². The highest BCUT2D eigenvalue weighted by atomic mass is 16.1. The van der Waals surface area contributed by atoms with Gasteiger partial charge in [0.1, 0.15) is 0 Å². The van der Waals surface area contributed by atoms with Gasteiger partial charge in [0.15, 0.2) is 0 Å². The number of carbonyl (C=O) groups excluding carboxylic acids is 2. The third kappa shape index (κ3) is 11.8. The van der Waals surface area contributed by atoms with E-state index in [1.165, 1.54) is 0 Å². The molecule has 4 nitrogen and oxygen atoms in total. The van der Waals surface area contributed by atoms with Crippen LogP contribution in [0.15, 0.2) is 49.6 Å². The molecule has 0 rings (SSSR count). The lowest BCUT2D eigenvalue weighted by atomic mass is 10.1. The molecule has 0 saturated heterocycles. The molecular formula is C13H20N2O2. The van der Waals surface area contributed by atoms with Crippen molar-refractivity contribution in [3.8, 4) is 0 Å². The molecule has 0 unspecified atom stereocenters. The van der Waals surface area contributed by atoms with Gasteiger partial charge < -0.3 is 11.5 Å². The van der Waals surface area contributed by atoms with Gasteiger partial charge in [-0.25, -0.2) is 0 Å². The van der Waals surface area contributed by atoms with Gasteiger partial charge in [0.05, 0.1) is 0 Å².